The Morgan fingerprint density at radius 2 is 2.04 bits per heavy atom. The van der Waals surface area contributed by atoms with Crippen LogP contribution in [0.2, 0.25) is 5.02 Å². The van der Waals surface area contributed by atoms with Gasteiger partial charge in [-0.15, -0.1) is 0 Å². The number of carbonyl (C=O) groups excluding carboxylic acids is 1. The van der Waals surface area contributed by atoms with Crippen molar-refractivity contribution < 1.29 is 9.72 Å². The quantitative estimate of drug-likeness (QED) is 0.602. The van der Waals surface area contributed by atoms with Crippen molar-refractivity contribution in [2.45, 2.75) is 6.54 Å². The van der Waals surface area contributed by atoms with Gasteiger partial charge >= 0.3 is 5.00 Å². The van der Waals surface area contributed by atoms with Crippen LogP contribution in [0.15, 0.2) is 35.7 Å². The van der Waals surface area contributed by atoms with Crippen LogP contribution in [-0.2, 0) is 11.3 Å². The van der Waals surface area contributed by atoms with Crippen molar-refractivity contribution in [3.8, 4) is 0 Å². The molecule has 26 heavy (non-hydrogen) atoms. The predicted octanol–water partition coefficient (Wildman–Crippen LogP) is 2.75. The minimum absolute atomic E-state index is 0.0421. The average Bonchev–Trinajstić information content (AvgIpc) is 3.11. The van der Waals surface area contributed by atoms with Crippen molar-refractivity contribution in [3.63, 3.8) is 0 Å². The number of nitrogens with zero attached hydrogens (tertiary/aromatic N) is 3. The predicted molar refractivity (Wildman–Crippen MR) is 103 cm³/mol. The molecule has 3 rings (SSSR count). The lowest BCUT2D eigenvalue weighted by molar-refractivity contribution is -0.380. The van der Waals surface area contributed by atoms with Crippen LogP contribution < -0.4 is 10.2 Å². The van der Waals surface area contributed by atoms with Gasteiger partial charge in [-0.25, -0.2) is 0 Å². The van der Waals surface area contributed by atoms with Gasteiger partial charge in [-0.05, 0) is 23.8 Å². The zero-order valence-corrected chi connectivity index (χ0v) is 15.6. The smallest absolute Gasteiger partial charge is 0.324 e. The molecule has 0 saturated carbocycles. The number of hydrogen-bond donors (Lipinski definition) is 1. The molecule has 1 aromatic heterocycles. The molecule has 1 fully saturated rings. The molecule has 9 heteroatoms. The summed E-state index contributed by atoms with van der Waals surface area (Å²) in [5.74, 6) is 0.0421. The number of rotatable bonds is 6. The number of piperazine rings is 1. The third kappa shape index (κ3) is 4.72. The lowest BCUT2D eigenvalue weighted by Gasteiger charge is -2.36. The number of hydrogen-bond acceptors (Lipinski definition) is 6. The number of anilines is 1. The van der Waals surface area contributed by atoms with Crippen molar-refractivity contribution in [2.75, 3.05) is 37.6 Å². The zero-order chi connectivity index (χ0) is 18.5. The maximum Gasteiger partial charge on any atom is 0.324 e. The highest BCUT2D eigenvalue weighted by Gasteiger charge is 2.21. The lowest BCUT2D eigenvalue weighted by atomic mass is 10.2. The SMILES string of the molecule is O=C(CNCc1csc([N+](=O)[O-])c1)N1CCN(c2cccc(Cl)c2)CC1. The van der Waals surface area contributed by atoms with Gasteiger partial charge in [-0.1, -0.05) is 29.0 Å². The Morgan fingerprint density at radius 1 is 1.27 bits per heavy atom. The first kappa shape index (κ1) is 18.6. The van der Waals surface area contributed by atoms with E-state index in [1.807, 2.05) is 29.2 Å². The Bertz CT molecular complexity index is 790. The summed E-state index contributed by atoms with van der Waals surface area (Å²) in [5, 5.41) is 16.3. The summed E-state index contributed by atoms with van der Waals surface area (Å²) < 4.78 is 0. The molecule has 1 aliphatic heterocycles. The maximum atomic E-state index is 12.3. The summed E-state index contributed by atoms with van der Waals surface area (Å²) in [6, 6.07) is 9.25. The molecule has 0 radical (unpaired) electrons. The molecule has 7 nitrogen and oxygen atoms in total. The van der Waals surface area contributed by atoms with E-state index in [4.69, 9.17) is 11.6 Å². The normalized spacial score (nSPS) is 14.5. The van der Waals surface area contributed by atoms with Crippen LogP contribution in [0.1, 0.15) is 5.56 Å². The third-order valence-electron chi connectivity index (χ3n) is 4.23. The van der Waals surface area contributed by atoms with E-state index < -0.39 is 4.92 Å². The van der Waals surface area contributed by atoms with Crippen LogP contribution in [-0.4, -0.2) is 48.5 Å². The molecule has 2 aromatic rings. The molecule has 1 N–H and O–H groups in total. The Labute approximate surface area is 160 Å². The van der Waals surface area contributed by atoms with E-state index in [0.717, 1.165) is 35.7 Å². The van der Waals surface area contributed by atoms with Crippen LogP contribution in [0.25, 0.3) is 0 Å². The van der Waals surface area contributed by atoms with E-state index in [2.05, 4.69) is 10.2 Å². The molecule has 2 heterocycles. The van der Waals surface area contributed by atoms with Gasteiger partial charge in [-0.2, -0.15) is 0 Å². The van der Waals surface area contributed by atoms with Gasteiger partial charge < -0.3 is 15.1 Å². The summed E-state index contributed by atoms with van der Waals surface area (Å²) in [6.07, 6.45) is 0. The Balaban J connectivity index is 1.42. The van der Waals surface area contributed by atoms with Crippen molar-refractivity contribution in [2.24, 2.45) is 0 Å². The number of carbonyl (C=O) groups is 1. The van der Waals surface area contributed by atoms with Crippen LogP contribution in [0.4, 0.5) is 10.7 Å². The Kier molecular flexibility index (Phi) is 6.08. The minimum atomic E-state index is -0.404. The van der Waals surface area contributed by atoms with E-state index in [-0.39, 0.29) is 17.5 Å². The van der Waals surface area contributed by atoms with Crippen LogP contribution >= 0.6 is 22.9 Å². The topological polar surface area (TPSA) is 78.7 Å². The van der Waals surface area contributed by atoms with Crippen LogP contribution in [0.3, 0.4) is 0 Å². The van der Waals surface area contributed by atoms with Gasteiger partial charge in [0.2, 0.25) is 5.91 Å². The monoisotopic (exact) mass is 394 g/mol. The molecule has 1 saturated heterocycles. The molecule has 0 aliphatic carbocycles. The summed E-state index contributed by atoms with van der Waals surface area (Å²) >= 11 is 7.13. The molecule has 138 valence electrons. The van der Waals surface area contributed by atoms with Crippen molar-refractivity contribution in [1.29, 1.82) is 0 Å². The number of nitrogens with one attached hydrogen (secondary N) is 1. The largest absolute Gasteiger partial charge is 0.368 e. The van der Waals surface area contributed by atoms with Crippen LogP contribution in [0, 0.1) is 10.1 Å². The number of thiophene rings is 1. The standard InChI is InChI=1S/C17H19ClN4O3S/c18-14-2-1-3-15(9-14)20-4-6-21(7-5-20)16(23)11-19-10-13-8-17(22(24)25)26-12-13/h1-3,8-9,12,19H,4-7,10-11H2. The van der Waals surface area contributed by atoms with E-state index in [0.29, 0.717) is 24.7 Å². The van der Waals surface area contributed by atoms with Gasteiger partial charge in [0.05, 0.1) is 11.5 Å². The highest BCUT2D eigenvalue weighted by molar-refractivity contribution is 7.13. The van der Waals surface area contributed by atoms with Crippen molar-refractivity contribution in [3.05, 3.63) is 56.4 Å². The van der Waals surface area contributed by atoms with Crippen molar-refractivity contribution >= 4 is 39.5 Å². The molecule has 0 bridgehead atoms. The highest BCUT2D eigenvalue weighted by atomic mass is 35.5. The molecule has 0 atom stereocenters. The summed E-state index contributed by atoms with van der Waals surface area (Å²) in [4.78, 5) is 26.6. The fraction of sp³-hybridized carbons (Fsp3) is 0.353. The Hall–Kier alpha value is -2.16. The second-order valence-corrected chi connectivity index (χ2v) is 7.33. The lowest BCUT2D eigenvalue weighted by Crippen LogP contribution is -2.50. The highest BCUT2D eigenvalue weighted by Crippen LogP contribution is 2.22. The first-order valence-electron chi connectivity index (χ1n) is 8.24. The second-order valence-electron chi connectivity index (χ2n) is 6.00. The molecular formula is C17H19ClN4O3S. The molecule has 1 aliphatic rings. The molecular weight excluding hydrogens is 376 g/mol. The molecule has 0 spiro atoms. The van der Waals surface area contributed by atoms with Crippen molar-refractivity contribution in [1.82, 2.24) is 10.2 Å². The molecule has 1 amide bonds. The van der Waals surface area contributed by atoms with E-state index in [1.165, 1.54) is 6.07 Å². The average molecular weight is 395 g/mol. The third-order valence-corrected chi connectivity index (χ3v) is 5.40. The number of amides is 1. The van der Waals surface area contributed by atoms with E-state index in [1.54, 1.807) is 5.38 Å². The van der Waals surface area contributed by atoms with E-state index >= 15 is 0 Å². The molecule has 0 unspecified atom stereocenters. The second kappa shape index (κ2) is 8.48. The first-order chi connectivity index (χ1) is 12.5. The van der Waals surface area contributed by atoms with Gasteiger partial charge in [0, 0.05) is 54.9 Å². The zero-order valence-electron chi connectivity index (χ0n) is 14.1. The maximum absolute atomic E-state index is 12.3. The Morgan fingerprint density at radius 3 is 2.69 bits per heavy atom. The van der Waals surface area contributed by atoms with Gasteiger partial charge in [0.1, 0.15) is 0 Å². The number of halogens is 1. The minimum Gasteiger partial charge on any atom is -0.368 e. The number of benzene rings is 1. The van der Waals surface area contributed by atoms with Gasteiger partial charge in [0.25, 0.3) is 0 Å². The summed E-state index contributed by atoms with van der Waals surface area (Å²) in [6.45, 7) is 3.53. The first-order valence-corrected chi connectivity index (χ1v) is 9.49. The number of nitro groups is 1. The fourth-order valence-corrected chi connectivity index (χ4v) is 3.78. The molecule has 1 aromatic carbocycles. The van der Waals surface area contributed by atoms with E-state index in [9.17, 15) is 14.9 Å². The summed E-state index contributed by atoms with van der Waals surface area (Å²) in [7, 11) is 0. The van der Waals surface area contributed by atoms with Gasteiger partial charge in [0.15, 0.2) is 0 Å². The van der Waals surface area contributed by atoms with Crippen LogP contribution in [0.5, 0.6) is 0 Å². The fourth-order valence-electron chi connectivity index (χ4n) is 2.86. The summed E-state index contributed by atoms with van der Waals surface area (Å²) in [5.41, 5.74) is 1.89. The van der Waals surface area contributed by atoms with Gasteiger partial charge in [-0.3, -0.25) is 14.9 Å².